The number of aryl methyl sites for hydroxylation is 2. The Morgan fingerprint density at radius 2 is 2.07 bits per heavy atom. The SMILES string of the molecule is CCOc1ccc(C2CCCN2CC(=O)Nc2oc(C)c3c(C)n[nH]c(=O)c23)cc1. The second-order valence-electron chi connectivity index (χ2n) is 7.55. The highest BCUT2D eigenvalue weighted by Crippen LogP contribution is 2.33. The molecule has 158 valence electrons. The van der Waals surface area contributed by atoms with Gasteiger partial charge >= 0.3 is 0 Å². The number of amides is 1. The molecule has 0 radical (unpaired) electrons. The first kappa shape index (κ1) is 20.2. The zero-order valence-electron chi connectivity index (χ0n) is 17.4. The van der Waals surface area contributed by atoms with E-state index in [-0.39, 0.29) is 29.9 Å². The van der Waals surface area contributed by atoms with Gasteiger partial charge in [0.2, 0.25) is 11.8 Å². The number of carbonyl (C=O) groups excluding carboxylic acids is 1. The molecule has 1 aromatic carbocycles. The lowest BCUT2D eigenvalue weighted by atomic mass is 10.0. The second kappa shape index (κ2) is 8.31. The van der Waals surface area contributed by atoms with Crippen LogP contribution in [0.25, 0.3) is 10.8 Å². The number of rotatable bonds is 6. The highest BCUT2D eigenvalue weighted by atomic mass is 16.5. The smallest absolute Gasteiger partial charge is 0.277 e. The summed E-state index contributed by atoms with van der Waals surface area (Å²) in [5, 5.41) is 10.2. The van der Waals surface area contributed by atoms with E-state index in [0.29, 0.717) is 28.8 Å². The topological polar surface area (TPSA) is 100 Å². The van der Waals surface area contributed by atoms with E-state index in [0.717, 1.165) is 25.1 Å². The highest BCUT2D eigenvalue weighted by molar-refractivity contribution is 6.01. The van der Waals surface area contributed by atoms with E-state index in [2.05, 4.69) is 32.5 Å². The molecule has 0 aliphatic carbocycles. The van der Waals surface area contributed by atoms with Crippen LogP contribution in [0, 0.1) is 13.8 Å². The molecule has 8 nitrogen and oxygen atoms in total. The van der Waals surface area contributed by atoms with Gasteiger partial charge in [0.05, 0.1) is 24.2 Å². The normalized spacial score (nSPS) is 16.8. The van der Waals surface area contributed by atoms with E-state index < -0.39 is 0 Å². The molecule has 1 atom stereocenters. The molecule has 0 bridgehead atoms. The average molecular weight is 410 g/mol. The number of anilines is 1. The minimum atomic E-state index is -0.379. The standard InChI is InChI=1S/C22H26N4O4/c1-4-29-16-9-7-15(8-10-16)17-6-5-11-26(17)12-18(27)23-22-20-19(14(3)30-22)13(2)24-25-21(20)28/h7-10,17H,4-6,11-12H2,1-3H3,(H,23,27)(H,25,28). The quantitative estimate of drug-likeness (QED) is 0.647. The maximum absolute atomic E-state index is 12.8. The van der Waals surface area contributed by atoms with Crippen molar-refractivity contribution in [1.29, 1.82) is 0 Å². The Bertz CT molecular complexity index is 1120. The fraction of sp³-hybridized carbons (Fsp3) is 0.409. The summed E-state index contributed by atoms with van der Waals surface area (Å²) in [7, 11) is 0. The second-order valence-corrected chi connectivity index (χ2v) is 7.55. The minimum absolute atomic E-state index is 0.177. The lowest BCUT2D eigenvalue weighted by molar-refractivity contribution is -0.117. The molecule has 0 saturated carbocycles. The summed E-state index contributed by atoms with van der Waals surface area (Å²) in [5.74, 6) is 1.37. The fourth-order valence-electron chi connectivity index (χ4n) is 4.23. The Morgan fingerprint density at radius 3 is 2.80 bits per heavy atom. The number of nitrogens with one attached hydrogen (secondary N) is 2. The Labute approximate surface area is 174 Å². The zero-order valence-corrected chi connectivity index (χ0v) is 17.4. The van der Waals surface area contributed by atoms with Crippen molar-refractivity contribution in [3.8, 4) is 5.75 Å². The largest absolute Gasteiger partial charge is 0.494 e. The number of aromatic amines is 1. The van der Waals surface area contributed by atoms with Crippen molar-refractivity contribution in [3.05, 3.63) is 51.6 Å². The van der Waals surface area contributed by atoms with Gasteiger partial charge in [0.25, 0.3) is 5.56 Å². The summed E-state index contributed by atoms with van der Waals surface area (Å²) in [6.07, 6.45) is 2.02. The van der Waals surface area contributed by atoms with E-state index in [1.807, 2.05) is 19.1 Å². The molecule has 1 aliphatic heterocycles. The number of likely N-dealkylation sites (tertiary alicyclic amines) is 1. The molecule has 3 heterocycles. The molecule has 2 N–H and O–H groups in total. The van der Waals surface area contributed by atoms with E-state index in [1.165, 1.54) is 5.56 Å². The lowest BCUT2D eigenvalue weighted by Crippen LogP contribution is -2.33. The monoisotopic (exact) mass is 410 g/mol. The predicted octanol–water partition coefficient (Wildman–Crippen LogP) is 3.31. The number of nitrogens with zero attached hydrogens (tertiary/aromatic N) is 2. The van der Waals surface area contributed by atoms with Crippen LogP contribution in [0.3, 0.4) is 0 Å². The first-order valence-electron chi connectivity index (χ1n) is 10.2. The molecule has 30 heavy (non-hydrogen) atoms. The summed E-state index contributed by atoms with van der Waals surface area (Å²) in [6, 6.07) is 8.23. The zero-order chi connectivity index (χ0) is 21.3. The van der Waals surface area contributed by atoms with E-state index >= 15 is 0 Å². The minimum Gasteiger partial charge on any atom is -0.494 e. The van der Waals surface area contributed by atoms with E-state index in [1.54, 1.807) is 13.8 Å². The van der Waals surface area contributed by atoms with Crippen LogP contribution in [-0.4, -0.2) is 40.7 Å². The molecule has 8 heteroatoms. The summed E-state index contributed by atoms with van der Waals surface area (Å²) < 4.78 is 11.2. The molecule has 1 amide bonds. The summed E-state index contributed by atoms with van der Waals surface area (Å²) in [5.41, 5.74) is 1.44. The van der Waals surface area contributed by atoms with Crippen molar-refractivity contribution in [2.75, 3.05) is 25.0 Å². The number of ether oxygens (including phenoxy) is 1. The van der Waals surface area contributed by atoms with Gasteiger partial charge in [-0.3, -0.25) is 19.8 Å². The average Bonchev–Trinajstić information content (AvgIpc) is 3.30. The van der Waals surface area contributed by atoms with Crippen LogP contribution in [0.5, 0.6) is 5.75 Å². The van der Waals surface area contributed by atoms with Gasteiger partial charge in [0.1, 0.15) is 16.9 Å². The van der Waals surface area contributed by atoms with E-state index in [9.17, 15) is 9.59 Å². The molecule has 0 spiro atoms. The number of hydrogen-bond donors (Lipinski definition) is 2. The third-order valence-electron chi connectivity index (χ3n) is 5.54. The Hall–Kier alpha value is -3.13. The van der Waals surface area contributed by atoms with Crippen molar-refractivity contribution < 1.29 is 13.9 Å². The van der Waals surface area contributed by atoms with Crippen LogP contribution in [0.1, 0.15) is 42.8 Å². The Kier molecular flexibility index (Phi) is 5.59. The number of benzene rings is 1. The number of H-pyrrole nitrogens is 1. The van der Waals surface area contributed by atoms with Crippen LogP contribution in [0.4, 0.5) is 5.88 Å². The lowest BCUT2D eigenvalue weighted by Gasteiger charge is -2.24. The highest BCUT2D eigenvalue weighted by Gasteiger charge is 2.28. The molecule has 2 aromatic heterocycles. The van der Waals surface area contributed by atoms with Crippen molar-refractivity contribution in [2.45, 2.75) is 39.7 Å². The molecular formula is C22H26N4O4. The maximum atomic E-state index is 12.8. The van der Waals surface area contributed by atoms with Gasteiger partial charge in [-0.2, -0.15) is 5.10 Å². The molecule has 1 aliphatic rings. The van der Waals surface area contributed by atoms with Crippen LogP contribution in [0.15, 0.2) is 33.5 Å². The molecule has 1 unspecified atom stereocenters. The van der Waals surface area contributed by atoms with Gasteiger partial charge in [0.15, 0.2) is 0 Å². The van der Waals surface area contributed by atoms with Crippen molar-refractivity contribution >= 4 is 22.6 Å². The Balaban J connectivity index is 1.49. The Morgan fingerprint density at radius 1 is 1.30 bits per heavy atom. The fourth-order valence-corrected chi connectivity index (χ4v) is 4.23. The molecule has 1 saturated heterocycles. The maximum Gasteiger partial charge on any atom is 0.277 e. The first-order chi connectivity index (χ1) is 14.5. The van der Waals surface area contributed by atoms with Crippen LogP contribution >= 0.6 is 0 Å². The number of aromatic nitrogens is 2. The van der Waals surface area contributed by atoms with Crippen molar-refractivity contribution in [3.63, 3.8) is 0 Å². The first-order valence-corrected chi connectivity index (χ1v) is 10.2. The predicted molar refractivity (Wildman–Crippen MR) is 114 cm³/mol. The van der Waals surface area contributed by atoms with Gasteiger partial charge in [-0.15, -0.1) is 0 Å². The van der Waals surface area contributed by atoms with Gasteiger partial charge in [-0.1, -0.05) is 12.1 Å². The molecule has 1 fully saturated rings. The molecule has 3 aromatic rings. The third kappa shape index (κ3) is 3.82. The number of fused-ring (bicyclic) bond motifs is 1. The van der Waals surface area contributed by atoms with Crippen LogP contribution in [-0.2, 0) is 4.79 Å². The number of carbonyl (C=O) groups is 1. The molecule has 4 rings (SSSR count). The third-order valence-corrected chi connectivity index (χ3v) is 5.54. The van der Waals surface area contributed by atoms with Gasteiger partial charge in [-0.05, 0) is 57.9 Å². The van der Waals surface area contributed by atoms with Crippen molar-refractivity contribution in [2.24, 2.45) is 0 Å². The van der Waals surface area contributed by atoms with Crippen LogP contribution in [0.2, 0.25) is 0 Å². The molecular weight excluding hydrogens is 384 g/mol. The number of furan rings is 1. The number of hydrogen-bond acceptors (Lipinski definition) is 6. The summed E-state index contributed by atoms with van der Waals surface area (Å²) in [4.78, 5) is 27.2. The van der Waals surface area contributed by atoms with Gasteiger partial charge in [0, 0.05) is 6.04 Å². The van der Waals surface area contributed by atoms with Gasteiger partial charge < -0.3 is 9.15 Å². The van der Waals surface area contributed by atoms with Gasteiger partial charge in [-0.25, -0.2) is 5.10 Å². The summed E-state index contributed by atoms with van der Waals surface area (Å²) in [6.45, 7) is 7.20. The van der Waals surface area contributed by atoms with Crippen molar-refractivity contribution in [1.82, 2.24) is 15.1 Å². The van der Waals surface area contributed by atoms with E-state index in [4.69, 9.17) is 9.15 Å². The summed E-state index contributed by atoms with van der Waals surface area (Å²) >= 11 is 0. The van der Waals surface area contributed by atoms with Crippen LogP contribution < -0.4 is 15.6 Å².